The van der Waals surface area contributed by atoms with Gasteiger partial charge in [-0.1, -0.05) is 0 Å². The number of hydrogen-bond donors (Lipinski definition) is 4. The maximum Gasteiger partial charge on any atom is 0.334 e. The van der Waals surface area contributed by atoms with Crippen molar-refractivity contribution < 1.29 is 30.0 Å². The highest BCUT2D eigenvalue weighted by molar-refractivity contribution is 5.86. The summed E-state index contributed by atoms with van der Waals surface area (Å²) in [5.41, 5.74) is -0.0983. The van der Waals surface area contributed by atoms with Gasteiger partial charge in [-0.25, -0.2) is 4.79 Å². The van der Waals surface area contributed by atoms with Gasteiger partial charge in [-0.15, -0.1) is 0 Å². The first-order valence-corrected chi connectivity index (χ1v) is 5.01. The lowest BCUT2D eigenvalue weighted by Gasteiger charge is -2.17. The Labute approximate surface area is 93.8 Å². The number of aliphatic hydroxyl groups is 3. The Hall–Kier alpha value is -1.11. The second-order valence-electron chi connectivity index (χ2n) is 3.25. The molecule has 0 aromatic rings. The summed E-state index contributed by atoms with van der Waals surface area (Å²) in [6.45, 7) is 0.896. The minimum Gasteiger partial charge on any atom is -0.492 e. The van der Waals surface area contributed by atoms with Crippen molar-refractivity contribution in [3.8, 4) is 0 Å². The number of aliphatic hydroxyl groups excluding tert-OH is 3. The van der Waals surface area contributed by atoms with E-state index in [0.717, 1.165) is 0 Å². The van der Waals surface area contributed by atoms with Crippen LogP contribution in [0.2, 0.25) is 0 Å². The van der Waals surface area contributed by atoms with Crippen molar-refractivity contribution in [2.75, 3.05) is 19.8 Å². The van der Waals surface area contributed by atoms with Crippen LogP contribution in [0, 0.1) is 0 Å². The SMILES string of the molecule is CC(C(=O)O)=C(OCCO)C(O)CCCO. The molecule has 0 saturated heterocycles. The normalized spacial score (nSPS) is 14.2. The molecular weight excluding hydrogens is 216 g/mol. The lowest BCUT2D eigenvalue weighted by Crippen LogP contribution is -2.19. The van der Waals surface area contributed by atoms with Gasteiger partial charge in [0, 0.05) is 6.61 Å². The van der Waals surface area contributed by atoms with Crippen LogP contribution < -0.4 is 0 Å². The number of carbonyl (C=O) groups is 1. The average molecular weight is 234 g/mol. The molecule has 16 heavy (non-hydrogen) atoms. The third kappa shape index (κ3) is 5.11. The van der Waals surface area contributed by atoms with E-state index in [4.69, 9.17) is 20.1 Å². The van der Waals surface area contributed by atoms with Crippen molar-refractivity contribution in [3.63, 3.8) is 0 Å². The number of ether oxygens (including phenoxy) is 1. The third-order valence-electron chi connectivity index (χ3n) is 1.98. The summed E-state index contributed by atoms with van der Waals surface area (Å²) in [6.07, 6.45) is -0.517. The van der Waals surface area contributed by atoms with Crippen molar-refractivity contribution in [3.05, 3.63) is 11.3 Å². The van der Waals surface area contributed by atoms with E-state index < -0.39 is 12.1 Å². The summed E-state index contributed by atoms with van der Waals surface area (Å²) in [5.74, 6) is -1.24. The second kappa shape index (κ2) is 8.09. The first-order chi connectivity index (χ1) is 7.54. The molecule has 0 bridgehead atoms. The maximum atomic E-state index is 10.7. The Bertz CT molecular complexity index is 248. The Kier molecular flexibility index (Phi) is 7.53. The van der Waals surface area contributed by atoms with Gasteiger partial charge in [0.05, 0.1) is 12.2 Å². The van der Waals surface area contributed by atoms with Crippen LogP contribution in [0.25, 0.3) is 0 Å². The Morgan fingerprint density at radius 3 is 2.38 bits per heavy atom. The zero-order valence-electron chi connectivity index (χ0n) is 9.22. The van der Waals surface area contributed by atoms with E-state index in [9.17, 15) is 9.90 Å². The summed E-state index contributed by atoms with van der Waals surface area (Å²) >= 11 is 0. The number of aliphatic carboxylic acids is 1. The second-order valence-corrected chi connectivity index (χ2v) is 3.25. The van der Waals surface area contributed by atoms with Crippen molar-refractivity contribution in [2.45, 2.75) is 25.9 Å². The van der Waals surface area contributed by atoms with Gasteiger partial charge in [0.1, 0.15) is 18.5 Å². The molecule has 0 aromatic carbocycles. The summed E-state index contributed by atoms with van der Waals surface area (Å²) in [5, 5.41) is 35.6. The van der Waals surface area contributed by atoms with Crippen molar-refractivity contribution in [1.29, 1.82) is 0 Å². The molecule has 6 nitrogen and oxygen atoms in total. The first-order valence-electron chi connectivity index (χ1n) is 5.01. The summed E-state index contributed by atoms with van der Waals surface area (Å²) in [6, 6.07) is 0. The molecule has 0 spiro atoms. The smallest absolute Gasteiger partial charge is 0.334 e. The molecule has 6 heteroatoms. The van der Waals surface area contributed by atoms with E-state index in [-0.39, 0.29) is 37.6 Å². The summed E-state index contributed by atoms with van der Waals surface area (Å²) in [4.78, 5) is 10.7. The predicted molar refractivity (Wildman–Crippen MR) is 55.7 cm³/mol. The van der Waals surface area contributed by atoms with Gasteiger partial charge in [0.25, 0.3) is 0 Å². The fraction of sp³-hybridized carbons (Fsp3) is 0.700. The molecule has 0 amide bonds. The molecule has 4 N–H and O–H groups in total. The van der Waals surface area contributed by atoms with Crippen LogP contribution in [0.3, 0.4) is 0 Å². The molecule has 0 aromatic heterocycles. The predicted octanol–water partition coefficient (Wildman–Crippen LogP) is -0.513. The highest BCUT2D eigenvalue weighted by atomic mass is 16.5. The number of rotatable bonds is 8. The first kappa shape index (κ1) is 14.9. The van der Waals surface area contributed by atoms with Gasteiger partial charge in [-0.3, -0.25) is 0 Å². The fourth-order valence-corrected chi connectivity index (χ4v) is 1.13. The number of carboxylic acids is 1. The van der Waals surface area contributed by atoms with Crippen LogP contribution in [0.4, 0.5) is 0 Å². The van der Waals surface area contributed by atoms with Crippen LogP contribution in [0.5, 0.6) is 0 Å². The average Bonchev–Trinajstić information content (AvgIpc) is 2.26. The molecule has 0 fully saturated rings. The topological polar surface area (TPSA) is 107 Å². The van der Waals surface area contributed by atoms with Gasteiger partial charge in [-0.2, -0.15) is 0 Å². The highest BCUT2D eigenvalue weighted by Crippen LogP contribution is 2.15. The van der Waals surface area contributed by atoms with Crippen molar-refractivity contribution in [2.24, 2.45) is 0 Å². The Morgan fingerprint density at radius 1 is 1.31 bits per heavy atom. The van der Waals surface area contributed by atoms with Gasteiger partial charge in [0.2, 0.25) is 0 Å². The fourth-order valence-electron chi connectivity index (χ4n) is 1.13. The minimum absolute atomic E-state index is 0.0602. The van der Waals surface area contributed by atoms with Gasteiger partial charge in [-0.05, 0) is 19.8 Å². The zero-order valence-corrected chi connectivity index (χ0v) is 9.22. The maximum absolute atomic E-state index is 10.7. The number of hydrogen-bond acceptors (Lipinski definition) is 5. The standard InChI is InChI=1S/C10H18O6/c1-7(10(14)15)9(16-6-5-12)8(13)3-2-4-11/h8,11-13H,2-6H2,1H3,(H,14,15). The lowest BCUT2D eigenvalue weighted by atomic mass is 10.1. The molecule has 1 atom stereocenters. The van der Waals surface area contributed by atoms with Gasteiger partial charge >= 0.3 is 5.97 Å². The van der Waals surface area contributed by atoms with Crippen LogP contribution in [0.15, 0.2) is 11.3 Å². The molecule has 0 radical (unpaired) electrons. The zero-order chi connectivity index (χ0) is 12.6. The van der Waals surface area contributed by atoms with Crippen molar-refractivity contribution in [1.82, 2.24) is 0 Å². The largest absolute Gasteiger partial charge is 0.492 e. The van der Waals surface area contributed by atoms with Crippen LogP contribution >= 0.6 is 0 Å². The Morgan fingerprint density at radius 2 is 1.94 bits per heavy atom. The molecule has 0 saturated carbocycles. The molecular formula is C10H18O6. The molecule has 0 aliphatic carbocycles. The van der Waals surface area contributed by atoms with Gasteiger partial charge in [0.15, 0.2) is 0 Å². The molecule has 94 valence electrons. The molecule has 0 aliphatic heterocycles. The van der Waals surface area contributed by atoms with E-state index in [0.29, 0.717) is 6.42 Å². The number of carboxylic acid groups (broad SMARTS) is 1. The molecule has 1 unspecified atom stereocenters. The van der Waals surface area contributed by atoms with E-state index in [2.05, 4.69) is 0 Å². The molecule has 0 aliphatic rings. The summed E-state index contributed by atoms with van der Waals surface area (Å²) in [7, 11) is 0. The van der Waals surface area contributed by atoms with Gasteiger partial charge < -0.3 is 25.2 Å². The quantitative estimate of drug-likeness (QED) is 0.333. The van der Waals surface area contributed by atoms with E-state index in [1.54, 1.807) is 0 Å². The third-order valence-corrected chi connectivity index (χ3v) is 1.98. The van der Waals surface area contributed by atoms with Crippen molar-refractivity contribution >= 4 is 5.97 Å². The Balaban J connectivity index is 4.65. The summed E-state index contributed by atoms with van der Waals surface area (Å²) < 4.78 is 4.99. The monoisotopic (exact) mass is 234 g/mol. The van der Waals surface area contributed by atoms with Crippen LogP contribution in [-0.2, 0) is 9.53 Å². The van der Waals surface area contributed by atoms with Crippen LogP contribution in [-0.4, -0.2) is 52.3 Å². The van der Waals surface area contributed by atoms with E-state index in [1.807, 2.05) is 0 Å². The molecule has 0 rings (SSSR count). The lowest BCUT2D eigenvalue weighted by molar-refractivity contribution is -0.133. The molecule has 0 heterocycles. The van der Waals surface area contributed by atoms with Crippen LogP contribution in [0.1, 0.15) is 19.8 Å². The minimum atomic E-state index is -1.18. The van der Waals surface area contributed by atoms with E-state index >= 15 is 0 Å². The highest BCUT2D eigenvalue weighted by Gasteiger charge is 2.19. The van der Waals surface area contributed by atoms with E-state index in [1.165, 1.54) is 6.92 Å².